The third-order valence-electron chi connectivity index (χ3n) is 4.67. The lowest BCUT2D eigenvalue weighted by Crippen LogP contribution is -2.38. The third-order valence-corrected chi connectivity index (χ3v) is 4.67. The van der Waals surface area contributed by atoms with Gasteiger partial charge < -0.3 is 19.5 Å². The predicted molar refractivity (Wildman–Crippen MR) is 106 cm³/mol. The van der Waals surface area contributed by atoms with E-state index >= 15 is 0 Å². The molecule has 2 aromatic carbocycles. The van der Waals surface area contributed by atoms with Crippen molar-refractivity contribution in [1.82, 2.24) is 15.5 Å². The van der Waals surface area contributed by atoms with Gasteiger partial charge in [-0.15, -0.1) is 0 Å². The molecule has 1 aliphatic rings. The summed E-state index contributed by atoms with van der Waals surface area (Å²) in [5.74, 6) is 0.992. The van der Waals surface area contributed by atoms with Gasteiger partial charge in [0.1, 0.15) is 11.8 Å². The summed E-state index contributed by atoms with van der Waals surface area (Å²) in [4.78, 5) is 30.4. The van der Waals surface area contributed by atoms with Gasteiger partial charge in [0.15, 0.2) is 6.61 Å². The first-order chi connectivity index (χ1) is 14.1. The number of hydrogen-bond acceptors (Lipinski definition) is 6. The molecular formula is C21H20N4O4. The maximum atomic E-state index is 12.3. The Morgan fingerprint density at radius 2 is 2.03 bits per heavy atom. The lowest BCUT2D eigenvalue weighted by Gasteiger charge is -2.28. The molecule has 0 bridgehead atoms. The van der Waals surface area contributed by atoms with Gasteiger partial charge in [-0.05, 0) is 44.2 Å². The molecule has 0 saturated heterocycles. The minimum absolute atomic E-state index is 0.0329. The zero-order valence-corrected chi connectivity index (χ0v) is 16.1. The summed E-state index contributed by atoms with van der Waals surface area (Å²) < 4.78 is 10.8. The molecule has 2 amide bonds. The van der Waals surface area contributed by atoms with E-state index in [9.17, 15) is 9.59 Å². The number of anilines is 1. The number of carbonyl (C=O) groups excluding carboxylic acids is 2. The number of benzene rings is 2. The van der Waals surface area contributed by atoms with Crippen LogP contribution in [0.5, 0.6) is 5.75 Å². The van der Waals surface area contributed by atoms with Crippen molar-refractivity contribution in [3.8, 4) is 17.1 Å². The number of amides is 2. The SMILES string of the molecule is CCN1C(=O)COc2ccc(-c3noc([C@@H](C)NC(=O)c4ccccc4)n3)cc21. The van der Waals surface area contributed by atoms with E-state index in [1.807, 2.05) is 19.1 Å². The number of likely N-dealkylation sites (N-methyl/N-ethyl adjacent to an activating group) is 1. The number of fused-ring (bicyclic) bond motifs is 1. The van der Waals surface area contributed by atoms with Gasteiger partial charge in [-0.3, -0.25) is 9.59 Å². The molecule has 0 spiro atoms. The zero-order valence-electron chi connectivity index (χ0n) is 16.1. The fraction of sp³-hybridized carbons (Fsp3) is 0.238. The molecule has 0 saturated carbocycles. The monoisotopic (exact) mass is 392 g/mol. The maximum Gasteiger partial charge on any atom is 0.265 e. The summed E-state index contributed by atoms with van der Waals surface area (Å²) in [5, 5.41) is 6.87. The Hall–Kier alpha value is -3.68. The molecule has 8 heteroatoms. The highest BCUT2D eigenvalue weighted by Gasteiger charge is 2.25. The van der Waals surface area contributed by atoms with Gasteiger partial charge in [0, 0.05) is 17.7 Å². The molecule has 0 aliphatic carbocycles. The van der Waals surface area contributed by atoms with E-state index in [2.05, 4.69) is 15.5 Å². The van der Waals surface area contributed by atoms with Crippen LogP contribution in [0, 0.1) is 0 Å². The van der Waals surface area contributed by atoms with Crippen LogP contribution in [0.4, 0.5) is 5.69 Å². The molecule has 0 radical (unpaired) electrons. The molecule has 4 rings (SSSR count). The third kappa shape index (κ3) is 3.69. The minimum atomic E-state index is -0.460. The Bertz CT molecular complexity index is 1050. The number of ether oxygens (including phenoxy) is 1. The summed E-state index contributed by atoms with van der Waals surface area (Å²) in [6.07, 6.45) is 0. The average molecular weight is 392 g/mol. The minimum Gasteiger partial charge on any atom is -0.482 e. The molecule has 0 fully saturated rings. The van der Waals surface area contributed by atoms with E-state index in [1.54, 1.807) is 48.2 Å². The highest BCUT2D eigenvalue weighted by Crippen LogP contribution is 2.35. The number of aromatic nitrogens is 2. The summed E-state index contributed by atoms with van der Waals surface area (Å²) in [7, 11) is 0. The van der Waals surface area contributed by atoms with E-state index in [-0.39, 0.29) is 18.4 Å². The molecular weight excluding hydrogens is 372 g/mol. The second kappa shape index (κ2) is 7.75. The van der Waals surface area contributed by atoms with Crippen molar-refractivity contribution in [3.63, 3.8) is 0 Å². The first kappa shape index (κ1) is 18.7. The number of hydrogen-bond donors (Lipinski definition) is 1. The molecule has 1 aliphatic heterocycles. The normalized spacial score (nSPS) is 14.1. The van der Waals surface area contributed by atoms with Crippen LogP contribution in [-0.2, 0) is 4.79 Å². The lowest BCUT2D eigenvalue weighted by atomic mass is 10.1. The maximum absolute atomic E-state index is 12.3. The van der Waals surface area contributed by atoms with Crippen molar-refractivity contribution >= 4 is 17.5 Å². The van der Waals surface area contributed by atoms with Crippen LogP contribution in [0.1, 0.15) is 36.1 Å². The Morgan fingerprint density at radius 1 is 1.24 bits per heavy atom. The van der Waals surface area contributed by atoms with Crippen molar-refractivity contribution in [2.75, 3.05) is 18.1 Å². The van der Waals surface area contributed by atoms with Crippen LogP contribution in [0.25, 0.3) is 11.4 Å². The van der Waals surface area contributed by atoms with Crippen molar-refractivity contribution in [3.05, 3.63) is 60.0 Å². The highest BCUT2D eigenvalue weighted by molar-refractivity contribution is 5.98. The van der Waals surface area contributed by atoms with E-state index < -0.39 is 6.04 Å². The molecule has 1 N–H and O–H groups in total. The van der Waals surface area contributed by atoms with Crippen LogP contribution in [0.15, 0.2) is 53.1 Å². The quantitative estimate of drug-likeness (QED) is 0.717. The van der Waals surface area contributed by atoms with E-state index in [0.29, 0.717) is 40.8 Å². The molecule has 8 nitrogen and oxygen atoms in total. The van der Waals surface area contributed by atoms with Crippen molar-refractivity contribution in [2.24, 2.45) is 0 Å². The Labute approximate surface area is 167 Å². The first-order valence-corrected chi connectivity index (χ1v) is 9.34. The predicted octanol–water partition coefficient (Wildman–Crippen LogP) is 2.97. The Morgan fingerprint density at radius 3 is 2.79 bits per heavy atom. The van der Waals surface area contributed by atoms with Crippen LogP contribution < -0.4 is 15.0 Å². The topological polar surface area (TPSA) is 97.6 Å². The zero-order chi connectivity index (χ0) is 20.4. The van der Waals surface area contributed by atoms with Crippen molar-refractivity contribution in [2.45, 2.75) is 19.9 Å². The van der Waals surface area contributed by atoms with E-state index in [4.69, 9.17) is 9.26 Å². The molecule has 29 heavy (non-hydrogen) atoms. The standard InChI is InChI=1S/C21H20N4O4/c1-3-25-16-11-15(9-10-17(16)28-12-18(25)26)19-23-21(29-24-19)13(2)22-20(27)14-7-5-4-6-8-14/h4-11,13H,3,12H2,1-2H3,(H,22,27)/t13-/m1/s1. The summed E-state index contributed by atoms with van der Waals surface area (Å²) >= 11 is 0. The number of nitrogens with zero attached hydrogens (tertiary/aromatic N) is 3. The molecule has 1 atom stereocenters. The smallest absolute Gasteiger partial charge is 0.265 e. The van der Waals surface area contributed by atoms with Gasteiger partial charge >= 0.3 is 0 Å². The van der Waals surface area contributed by atoms with E-state index in [0.717, 1.165) is 0 Å². The average Bonchev–Trinajstić information content (AvgIpc) is 3.24. The summed E-state index contributed by atoms with van der Waals surface area (Å²) in [6.45, 7) is 4.25. The summed E-state index contributed by atoms with van der Waals surface area (Å²) in [6, 6.07) is 13.9. The van der Waals surface area contributed by atoms with Gasteiger partial charge in [-0.25, -0.2) is 0 Å². The van der Waals surface area contributed by atoms with Gasteiger partial charge in [-0.2, -0.15) is 4.98 Å². The summed E-state index contributed by atoms with van der Waals surface area (Å²) in [5.41, 5.74) is 1.92. The van der Waals surface area contributed by atoms with Crippen molar-refractivity contribution < 1.29 is 18.8 Å². The molecule has 2 heterocycles. The second-order valence-corrected chi connectivity index (χ2v) is 6.63. The largest absolute Gasteiger partial charge is 0.482 e. The first-order valence-electron chi connectivity index (χ1n) is 9.34. The Balaban J connectivity index is 1.54. The lowest BCUT2D eigenvalue weighted by molar-refractivity contribution is -0.121. The molecule has 3 aromatic rings. The van der Waals surface area contributed by atoms with Gasteiger partial charge in [0.05, 0.1) is 5.69 Å². The van der Waals surface area contributed by atoms with Crippen LogP contribution in [0.3, 0.4) is 0 Å². The number of carbonyl (C=O) groups is 2. The van der Waals surface area contributed by atoms with Gasteiger partial charge in [0.2, 0.25) is 11.7 Å². The molecule has 148 valence electrons. The van der Waals surface area contributed by atoms with Crippen LogP contribution in [-0.4, -0.2) is 35.1 Å². The van der Waals surface area contributed by atoms with Gasteiger partial charge in [0.25, 0.3) is 11.8 Å². The van der Waals surface area contributed by atoms with Crippen LogP contribution in [0.2, 0.25) is 0 Å². The van der Waals surface area contributed by atoms with Crippen molar-refractivity contribution in [1.29, 1.82) is 0 Å². The fourth-order valence-corrected chi connectivity index (χ4v) is 3.15. The van der Waals surface area contributed by atoms with E-state index in [1.165, 1.54) is 0 Å². The molecule has 1 aromatic heterocycles. The fourth-order valence-electron chi connectivity index (χ4n) is 3.15. The second-order valence-electron chi connectivity index (χ2n) is 6.63. The van der Waals surface area contributed by atoms with Gasteiger partial charge in [-0.1, -0.05) is 23.4 Å². The Kier molecular flexibility index (Phi) is 4.99. The van der Waals surface area contributed by atoms with Crippen LogP contribution >= 0.6 is 0 Å². The molecule has 0 unspecified atom stereocenters. The number of nitrogens with one attached hydrogen (secondary N) is 1. The number of rotatable bonds is 5. The highest BCUT2D eigenvalue weighted by atomic mass is 16.5.